The van der Waals surface area contributed by atoms with Gasteiger partial charge in [-0.1, -0.05) is 32.4 Å². The fourth-order valence-electron chi connectivity index (χ4n) is 3.75. The Kier molecular flexibility index (Phi) is 4.59. The molecule has 3 atom stereocenters. The molecule has 0 aliphatic heterocycles. The van der Waals surface area contributed by atoms with Crippen LogP contribution in [0.1, 0.15) is 33.1 Å². The van der Waals surface area contributed by atoms with Gasteiger partial charge in [-0.15, -0.1) is 0 Å². The number of benzene rings is 1. The van der Waals surface area contributed by atoms with Crippen molar-refractivity contribution in [3.05, 3.63) is 24.3 Å². The highest BCUT2D eigenvalue weighted by atomic mass is 16.5. The monoisotopic (exact) mass is 276 g/mol. The summed E-state index contributed by atoms with van der Waals surface area (Å²) in [5, 5.41) is 0. The number of likely N-dealkylation sites (N-methyl/N-ethyl adjacent to an activating group) is 1. The maximum atomic E-state index is 6.24. The predicted molar refractivity (Wildman–Crippen MR) is 85.4 cm³/mol. The Morgan fingerprint density at radius 3 is 2.65 bits per heavy atom. The van der Waals surface area contributed by atoms with Gasteiger partial charge in [0.15, 0.2) is 0 Å². The minimum absolute atomic E-state index is 0.0340. The highest BCUT2D eigenvalue weighted by Crippen LogP contribution is 2.43. The SMILES string of the molecule is COc1ccccc1N(C)C1(CN)CC(C)CCC1C. The molecule has 0 saturated heterocycles. The number of hydrogen-bond donors (Lipinski definition) is 1. The van der Waals surface area contributed by atoms with Crippen LogP contribution in [0.25, 0.3) is 0 Å². The predicted octanol–water partition coefficient (Wildman–Crippen LogP) is 3.29. The minimum Gasteiger partial charge on any atom is -0.495 e. The number of methoxy groups -OCH3 is 1. The highest BCUT2D eigenvalue weighted by molar-refractivity contribution is 5.60. The Hall–Kier alpha value is -1.22. The van der Waals surface area contributed by atoms with Crippen molar-refractivity contribution < 1.29 is 4.74 Å². The molecule has 2 rings (SSSR count). The van der Waals surface area contributed by atoms with Crippen LogP contribution in [0.15, 0.2) is 24.3 Å². The lowest BCUT2D eigenvalue weighted by atomic mass is 9.68. The van der Waals surface area contributed by atoms with Gasteiger partial charge in [0.2, 0.25) is 0 Å². The summed E-state index contributed by atoms with van der Waals surface area (Å²) in [6, 6.07) is 8.23. The van der Waals surface area contributed by atoms with Crippen LogP contribution in [-0.4, -0.2) is 26.2 Å². The molecule has 1 aliphatic rings. The van der Waals surface area contributed by atoms with Crippen LogP contribution in [0, 0.1) is 11.8 Å². The smallest absolute Gasteiger partial charge is 0.142 e. The average molecular weight is 276 g/mol. The number of nitrogens with two attached hydrogens (primary N) is 1. The normalized spacial score (nSPS) is 30.1. The third kappa shape index (κ3) is 2.51. The Balaban J connectivity index is 2.39. The van der Waals surface area contributed by atoms with Crippen molar-refractivity contribution >= 4 is 5.69 Å². The third-order valence-corrected chi connectivity index (χ3v) is 5.18. The second-order valence-electron chi connectivity index (χ2n) is 6.33. The van der Waals surface area contributed by atoms with E-state index in [4.69, 9.17) is 10.5 Å². The van der Waals surface area contributed by atoms with E-state index < -0.39 is 0 Å². The summed E-state index contributed by atoms with van der Waals surface area (Å²) < 4.78 is 5.53. The van der Waals surface area contributed by atoms with Crippen molar-refractivity contribution in [2.24, 2.45) is 17.6 Å². The third-order valence-electron chi connectivity index (χ3n) is 5.18. The molecule has 0 spiro atoms. The maximum absolute atomic E-state index is 6.24. The molecule has 20 heavy (non-hydrogen) atoms. The fourth-order valence-corrected chi connectivity index (χ4v) is 3.75. The van der Waals surface area contributed by atoms with Crippen molar-refractivity contribution in [2.45, 2.75) is 38.6 Å². The molecular weight excluding hydrogens is 248 g/mol. The molecule has 0 aromatic heterocycles. The molecule has 0 heterocycles. The summed E-state index contributed by atoms with van der Waals surface area (Å²) >= 11 is 0. The molecule has 0 amide bonds. The number of rotatable bonds is 4. The molecule has 3 unspecified atom stereocenters. The molecule has 1 fully saturated rings. The fraction of sp³-hybridized carbons (Fsp3) is 0.647. The van der Waals surface area contributed by atoms with Crippen molar-refractivity contribution in [1.82, 2.24) is 0 Å². The van der Waals surface area contributed by atoms with Crippen LogP contribution in [0.5, 0.6) is 5.75 Å². The molecule has 112 valence electrons. The lowest BCUT2D eigenvalue weighted by Crippen LogP contribution is -2.59. The lowest BCUT2D eigenvalue weighted by molar-refractivity contribution is 0.161. The van der Waals surface area contributed by atoms with Crippen molar-refractivity contribution in [3.63, 3.8) is 0 Å². The van der Waals surface area contributed by atoms with E-state index in [0.717, 1.165) is 23.8 Å². The van der Waals surface area contributed by atoms with Crippen molar-refractivity contribution in [2.75, 3.05) is 25.6 Å². The van der Waals surface area contributed by atoms with Crippen LogP contribution in [0.4, 0.5) is 5.69 Å². The Morgan fingerprint density at radius 1 is 1.30 bits per heavy atom. The van der Waals surface area contributed by atoms with Gasteiger partial charge in [-0.05, 0) is 36.8 Å². The summed E-state index contributed by atoms with van der Waals surface area (Å²) in [5.74, 6) is 2.25. The summed E-state index contributed by atoms with van der Waals surface area (Å²) in [6.07, 6.45) is 3.71. The summed E-state index contributed by atoms with van der Waals surface area (Å²) in [4.78, 5) is 2.37. The second kappa shape index (κ2) is 6.04. The lowest BCUT2D eigenvalue weighted by Gasteiger charge is -2.51. The van der Waals surface area contributed by atoms with Gasteiger partial charge < -0.3 is 15.4 Å². The van der Waals surface area contributed by atoms with Gasteiger partial charge in [-0.2, -0.15) is 0 Å². The van der Waals surface area contributed by atoms with Crippen LogP contribution in [0.3, 0.4) is 0 Å². The summed E-state index contributed by atoms with van der Waals surface area (Å²) in [6.45, 7) is 5.37. The Morgan fingerprint density at radius 2 is 2.00 bits per heavy atom. The van der Waals surface area contributed by atoms with Gasteiger partial charge in [0.05, 0.1) is 18.3 Å². The summed E-state index contributed by atoms with van der Waals surface area (Å²) in [7, 11) is 3.90. The molecule has 0 radical (unpaired) electrons. The molecule has 1 aromatic carbocycles. The first kappa shape index (κ1) is 15.2. The zero-order chi connectivity index (χ0) is 14.8. The number of nitrogens with zero attached hydrogens (tertiary/aromatic N) is 1. The standard InChI is InChI=1S/C17H28N2O/c1-13-9-10-14(2)17(11-13,12-18)19(3)15-7-5-6-8-16(15)20-4/h5-8,13-14H,9-12,18H2,1-4H3. The van der Waals surface area contributed by atoms with Gasteiger partial charge in [0, 0.05) is 13.6 Å². The van der Waals surface area contributed by atoms with Crippen LogP contribution >= 0.6 is 0 Å². The van der Waals surface area contributed by atoms with Gasteiger partial charge in [0.25, 0.3) is 0 Å². The van der Waals surface area contributed by atoms with Crippen molar-refractivity contribution in [3.8, 4) is 5.75 Å². The van der Waals surface area contributed by atoms with Gasteiger partial charge >= 0.3 is 0 Å². The Labute approximate surface area is 123 Å². The minimum atomic E-state index is 0.0340. The van der Waals surface area contributed by atoms with E-state index in [1.165, 1.54) is 12.8 Å². The van der Waals surface area contributed by atoms with E-state index >= 15 is 0 Å². The number of anilines is 1. The number of ether oxygens (including phenoxy) is 1. The second-order valence-corrected chi connectivity index (χ2v) is 6.33. The van der Waals surface area contributed by atoms with E-state index in [2.05, 4.69) is 37.9 Å². The zero-order valence-electron chi connectivity index (χ0n) is 13.2. The first-order valence-corrected chi connectivity index (χ1v) is 7.62. The van der Waals surface area contributed by atoms with Gasteiger partial charge in [-0.25, -0.2) is 0 Å². The quantitative estimate of drug-likeness (QED) is 0.917. The zero-order valence-corrected chi connectivity index (χ0v) is 13.2. The Bertz CT molecular complexity index is 448. The number of para-hydroxylation sites is 2. The molecule has 0 bridgehead atoms. The molecule has 1 aromatic rings. The molecule has 3 nitrogen and oxygen atoms in total. The van der Waals surface area contributed by atoms with Crippen LogP contribution in [-0.2, 0) is 0 Å². The van der Waals surface area contributed by atoms with E-state index in [-0.39, 0.29) is 5.54 Å². The molecule has 1 aliphatic carbocycles. The average Bonchev–Trinajstić information content (AvgIpc) is 2.49. The first-order valence-electron chi connectivity index (χ1n) is 7.62. The topological polar surface area (TPSA) is 38.5 Å². The van der Waals surface area contributed by atoms with Gasteiger partial charge in [-0.3, -0.25) is 0 Å². The molecule has 3 heteroatoms. The van der Waals surface area contributed by atoms with E-state index in [1.807, 2.05) is 12.1 Å². The number of hydrogen-bond acceptors (Lipinski definition) is 3. The van der Waals surface area contributed by atoms with Crippen LogP contribution < -0.4 is 15.4 Å². The largest absolute Gasteiger partial charge is 0.495 e. The highest BCUT2D eigenvalue weighted by Gasteiger charge is 2.43. The van der Waals surface area contributed by atoms with Crippen molar-refractivity contribution in [1.29, 1.82) is 0 Å². The van der Waals surface area contributed by atoms with E-state index in [0.29, 0.717) is 12.5 Å². The maximum Gasteiger partial charge on any atom is 0.142 e. The van der Waals surface area contributed by atoms with Gasteiger partial charge in [0.1, 0.15) is 5.75 Å². The molecule has 2 N–H and O–H groups in total. The molecular formula is C17H28N2O. The van der Waals surface area contributed by atoms with E-state index in [1.54, 1.807) is 7.11 Å². The van der Waals surface area contributed by atoms with E-state index in [9.17, 15) is 0 Å². The first-order chi connectivity index (χ1) is 9.55. The molecule has 1 saturated carbocycles. The summed E-state index contributed by atoms with van der Waals surface area (Å²) in [5.41, 5.74) is 7.41. The van der Waals surface area contributed by atoms with Crippen LogP contribution in [0.2, 0.25) is 0 Å².